The predicted molar refractivity (Wildman–Crippen MR) is 72.9 cm³/mol. The molecule has 2 aliphatic rings. The first-order valence-corrected chi connectivity index (χ1v) is 7.49. The first-order valence-electron chi connectivity index (χ1n) is 7.49. The molecule has 2 atom stereocenters. The van der Waals surface area contributed by atoms with Gasteiger partial charge in [0.1, 0.15) is 0 Å². The maximum Gasteiger partial charge on any atom is 0.234 e. The lowest BCUT2D eigenvalue weighted by atomic mass is 9.95. The summed E-state index contributed by atoms with van der Waals surface area (Å²) in [5.41, 5.74) is 0. The molecule has 1 amide bonds. The van der Waals surface area contributed by atoms with Gasteiger partial charge in [0.05, 0.1) is 12.6 Å². The van der Waals surface area contributed by atoms with Crippen LogP contribution in [0.15, 0.2) is 0 Å². The summed E-state index contributed by atoms with van der Waals surface area (Å²) in [6, 6.07) is 0. The number of nitrogens with zero attached hydrogens (tertiary/aromatic N) is 1. The zero-order valence-electron chi connectivity index (χ0n) is 11.6. The summed E-state index contributed by atoms with van der Waals surface area (Å²) >= 11 is 0. The summed E-state index contributed by atoms with van der Waals surface area (Å²) in [5, 5.41) is 11.9. The molecule has 0 aromatic rings. The summed E-state index contributed by atoms with van der Waals surface area (Å²) in [7, 11) is 0. The SMILES string of the molecule is O=C(CN1CCCC(CCO)C1)NCC1CCCO1. The lowest BCUT2D eigenvalue weighted by Gasteiger charge is -2.32. The summed E-state index contributed by atoms with van der Waals surface area (Å²) in [4.78, 5) is 14.1. The van der Waals surface area contributed by atoms with Crippen LogP contribution in [0.2, 0.25) is 0 Å². The van der Waals surface area contributed by atoms with Crippen molar-refractivity contribution in [2.45, 2.75) is 38.2 Å². The molecule has 19 heavy (non-hydrogen) atoms. The zero-order chi connectivity index (χ0) is 13.5. The molecule has 0 radical (unpaired) electrons. The van der Waals surface area contributed by atoms with Gasteiger partial charge in [0.25, 0.3) is 0 Å². The van der Waals surface area contributed by atoms with E-state index in [-0.39, 0.29) is 18.6 Å². The Bertz CT molecular complexity index is 278. The molecule has 5 nitrogen and oxygen atoms in total. The molecule has 0 aromatic heterocycles. The van der Waals surface area contributed by atoms with E-state index < -0.39 is 0 Å². The zero-order valence-corrected chi connectivity index (χ0v) is 11.6. The van der Waals surface area contributed by atoms with Crippen molar-refractivity contribution in [1.29, 1.82) is 0 Å². The molecule has 2 N–H and O–H groups in total. The van der Waals surface area contributed by atoms with Crippen LogP contribution in [0.1, 0.15) is 32.1 Å². The van der Waals surface area contributed by atoms with Crippen molar-refractivity contribution >= 4 is 5.91 Å². The van der Waals surface area contributed by atoms with E-state index in [1.807, 2.05) is 0 Å². The topological polar surface area (TPSA) is 61.8 Å². The number of aliphatic hydroxyl groups excluding tert-OH is 1. The minimum Gasteiger partial charge on any atom is -0.396 e. The third kappa shape index (κ3) is 5.09. The Balaban J connectivity index is 1.63. The molecule has 0 aromatic carbocycles. The van der Waals surface area contributed by atoms with Crippen molar-refractivity contribution in [3.63, 3.8) is 0 Å². The van der Waals surface area contributed by atoms with Gasteiger partial charge in [0.2, 0.25) is 5.91 Å². The van der Waals surface area contributed by atoms with Crippen molar-refractivity contribution in [2.24, 2.45) is 5.92 Å². The first kappa shape index (κ1) is 14.8. The number of hydrogen-bond donors (Lipinski definition) is 2. The number of aliphatic hydroxyl groups is 1. The van der Waals surface area contributed by atoms with E-state index in [1.54, 1.807) is 0 Å². The maximum atomic E-state index is 11.9. The molecule has 0 aliphatic carbocycles. The third-order valence-electron chi connectivity index (χ3n) is 4.06. The van der Waals surface area contributed by atoms with Gasteiger partial charge in [-0.1, -0.05) is 0 Å². The van der Waals surface area contributed by atoms with Crippen LogP contribution in [0, 0.1) is 5.92 Å². The van der Waals surface area contributed by atoms with Crippen LogP contribution in [0.5, 0.6) is 0 Å². The monoisotopic (exact) mass is 270 g/mol. The summed E-state index contributed by atoms with van der Waals surface area (Å²) in [6.07, 6.45) is 5.54. The van der Waals surface area contributed by atoms with Crippen LogP contribution in [0.3, 0.4) is 0 Å². The van der Waals surface area contributed by atoms with Gasteiger partial charge in [0.15, 0.2) is 0 Å². The maximum absolute atomic E-state index is 11.9. The van der Waals surface area contributed by atoms with Crippen molar-refractivity contribution in [2.75, 3.05) is 39.4 Å². The fourth-order valence-electron chi connectivity index (χ4n) is 3.01. The highest BCUT2D eigenvalue weighted by Crippen LogP contribution is 2.18. The fraction of sp³-hybridized carbons (Fsp3) is 0.929. The van der Waals surface area contributed by atoms with Crippen LogP contribution < -0.4 is 5.32 Å². The van der Waals surface area contributed by atoms with Gasteiger partial charge in [0, 0.05) is 26.3 Å². The van der Waals surface area contributed by atoms with E-state index in [1.165, 1.54) is 6.42 Å². The average molecular weight is 270 g/mol. The summed E-state index contributed by atoms with van der Waals surface area (Å²) < 4.78 is 5.49. The number of likely N-dealkylation sites (tertiary alicyclic amines) is 1. The first-order chi connectivity index (χ1) is 9.28. The molecule has 2 aliphatic heterocycles. The highest BCUT2D eigenvalue weighted by Gasteiger charge is 2.22. The van der Waals surface area contributed by atoms with Crippen LogP contribution in [-0.4, -0.2) is 61.4 Å². The number of ether oxygens (including phenoxy) is 1. The Morgan fingerprint density at radius 1 is 1.37 bits per heavy atom. The largest absolute Gasteiger partial charge is 0.396 e. The van der Waals surface area contributed by atoms with E-state index in [0.717, 1.165) is 45.4 Å². The Kier molecular flexibility index (Phi) is 6.07. The van der Waals surface area contributed by atoms with E-state index in [2.05, 4.69) is 10.2 Å². The minimum absolute atomic E-state index is 0.0974. The number of rotatable bonds is 6. The van der Waals surface area contributed by atoms with Crippen molar-refractivity contribution < 1.29 is 14.6 Å². The fourth-order valence-corrected chi connectivity index (χ4v) is 3.01. The number of carbonyl (C=O) groups is 1. The average Bonchev–Trinajstić information content (AvgIpc) is 2.90. The van der Waals surface area contributed by atoms with Crippen molar-refractivity contribution in [1.82, 2.24) is 10.2 Å². The molecule has 5 heteroatoms. The smallest absolute Gasteiger partial charge is 0.234 e. The van der Waals surface area contributed by atoms with Crippen LogP contribution >= 0.6 is 0 Å². The molecule has 0 spiro atoms. The number of hydrogen-bond acceptors (Lipinski definition) is 4. The van der Waals surface area contributed by atoms with E-state index in [4.69, 9.17) is 9.84 Å². The van der Waals surface area contributed by atoms with Gasteiger partial charge < -0.3 is 15.2 Å². The number of nitrogens with one attached hydrogen (secondary N) is 1. The Morgan fingerprint density at radius 2 is 2.26 bits per heavy atom. The molecular weight excluding hydrogens is 244 g/mol. The normalized spacial score (nSPS) is 28.5. The Hall–Kier alpha value is -0.650. The minimum atomic E-state index is 0.0974. The van der Waals surface area contributed by atoms with Crippen molar-refractivity contribution in [3.8, 4) is 0 Å². The van der Waals surface area contributed by atoms with E-state index >= 15 is 0 Å². The number of piperidine rings is 1. The Labute approximate surface area is 115 Å². The second kappa shape index (κ2) is 7.82. The predicted octanol–water partition coefficient (Wildman–Crippen LogP) is 0.376. The lowest BCUT2D eigenvalue weighted by Crippen LogP contribution is -2.44. The molecule has 2 heterocycles. The van der Waals surface area contributed by atoms with Crippen molar-refractivity contribution in [3.05, 3.63) is 0 Å². The molecule has 110 valence electrons. The number of carbonyl (C=O) groups excluding carboxylic acids is 1. The van der Waals surface area contributed by atoms with Gasteiger partial charge in [-0.3, -0.25) is 9.69 Å². The molecule has 0 saturated carbocycles. The van der Waals surface area contributed by atoms with Gasteiger partial charge in [-0.15, -0.1) is 0 Å². The van der Waals surface area contributed by atoms with E-state index in [0.29, 0.717) is 19.0 Å². The van der Waals surface area contributed by atoms with Crippen LogP contribution in [0.4, 0.5) is 0 Å². The van der Waals surface area contributed by atoms with Gasteiger partial charge in [-0.05, 0) is 44.6 Å². The van der Waals surface area contributed by atoms with Gasteiger partial charge >= 0.3 is 0 Å². The molecule has 2 saturated heterocycles. The molecule has 0 bridgehead atoms. The third-order valence-corrected chi connectivity index (χ3v) is 4.06. The molecular formula is C14H26N2O3. The second-order valence-corrected chi connectivity index (χ2v) is 5.69. The highest BCUT2D eigenvalue weighted by atomic mass is 16.5. The quantitative estimate of drug-likeness (QED) is 0.732. The van der Waals surface area contributed by atoms with E-state index in [9.17, 15) is 4.79 Å². The number of amides is 1. The lowest BCUT2D eigenvalue weighted by molar-refractivity contribution is -0.123. The van der Waals surface area contributed by atoms with Crippen LogP contribution in [0.25, 0.3) is 0 Å². The molecule has 2 rings (SSSR count). The summed E-state index contributed by atoms with van der Waals surface area (Å²) in [5.74, 6) is 0.643. The van der Waals surface area contributed by atoms with Crippen LogP contribution in [-0.2, 0) is 9.53 Å². The standard InChI is InChI=1S/C14H26N2O3/c17-7-5-12-3-1-6-16(10-12)11-14(18)15-9-13-4-2-8-19-13/h12-13,17H,1-11H2,(H,15,18). The molecule has 2 unspecified atom stereocenters. The second-order valence-electron chi connectivity index (χ2n) is 5.69. The molecule has 2 fully saturated rings. The highest BCUT2D eigenvalue weighted by molar-refractivity contribution is 5.78. The van der Waals surface area contributed by atoms with Gasteiger partial charge in [-0.25, -0.2) is 0 Å². The Morgan fingerprint density at radius 3 is 3.00 bits per heavy atom. The summed E-state index contributed by atoms with van der Waals surface area (Å²) in [6.45, 7) is 4.14. The van der Waals surface area contributed by atoms with Gasteiger partial charge in [-0.2, -0.15) is 0 Å².